The third kappa shape index (κ3) is 3.03. The van der Waals surface area contributed by atoms with Gasteiger partial charge < -0.3 is 10.5 Å². The summed E-state index contributed by atoms with van der Waals surface area (Å²) in [6.07, 6.45) is -4.35. The lowest BCUT2D eigenvalue weighted by Gasteiger charge is -2.13. The molecule has 2 N–H and O–H groups in total. The van der Waals surface area contributed by atoms with Crippen molar-refractivity contribution in [3.63, 3.8) is 0 Å². The van der Waals surface area contributed by atoms with Gasteiger partial charge in [0, 0.05) is 12.1 Å². The van der Waals surface area contributed by atoms with Crippen LogP contribution in [-0.2, 0) is 6.54 Å². The number of nitrogens with two attached hydrogens (primary N) is 1. The molecule has 0 spiro atoms. The highest BCUT2D eigenvalue weighted by Gasteiger charge is 2.34. The molecule has 8 heteroatoms. The fraction of sp³-hybridized carbons (Fsp3) is 0.286. The number of halogens is 5. The number of hydrogen-bond acceptors (Lipinski definition) is 3. The summed E-state index contributed by atoms with van der Waals surface area (Å²) in [7, 11) is 0. The molecule has 0 radical (unpaired) electrons. The van der Waals surface area contributed by atoms with E-state index in [1.165, 1.54) is 0 Å². The Hall–Kier alpha value is -0.890. The predicted octanol–water partition coefficient (Wildman–Crippen LogP) is 2.34. The third-order valence-corrected chi connectivity index (χ3v) is 2.14. The van der Waals surface area contributed by atoms with Crippen LogP contribution in [0.1, 0.15) is 5.56 Å². The molecule has 0 aliphatic rings. The van der Waals surface area contributed by atoms with Crippen molar-refractivity contribution in [3.05, 3.63) is 22.2 Å². The summed E-state index contributed by atoms with van der Waals surface area (Å²) >= 11 is 2.84. The second-order valence-electron chi connectivity index (χ2n) is 2.46. The van der Waals surface area contributed by atoms with E-state index in [2.05, 4.69) is 25.7 Å². The summed E-state index contributed by atoms with van der Waals surface area (Å²) < 4.78 is 52.2. The van der Waals surface area contributed by atoms with Gasteiger partial charge in [0.2, 0.25) is 0 Å². The topological polar surface area (TPSA) is 48.1 Å². The van der Waals surface area contributed by atoms with E-state index >= 15 is 0 Å². The molecule has 0 aliphatic carbocycles. The molecule has 0 bridgehead atoms. The molecular formula is C7H5BrF4N2O. The van der Waals surface area contributed by atoms with E-state index in [1.807, 2.05) is 0 Å². The molecule has 1 aromatic heterocycles. The number of alkyl halides is 3. The van der Waals surface area contributed by atoms with Crippen LogP contribution in [0, 0.1) is 5.82 Å². The van der Waals surface area contributed by atoms with Gasteiger partial charge in [0.05, 0.1) is 6.20 Å². The lowest BCUT2D eigenvalue weighted by atomic mass is 10.2. The van der Waals surface area contributed by atoms with Crippen LogP contribution in [0.3, 0.4) is 0 Å². The van der Waals surface area contributed by atoms with E-state index in [9.17, 15) is 17.6 Å². The molecule has 1 heterocycles. The van der Waals surface area contributed by atoms with Crippen LogP contribution >= 0.6 is 15.9 Å². The molecule has 0 saturated carbocycles. The largest absolute Gasteiger partial charge is 0.573 e. The summed E-state index contributed by atoms with van der Waals surface area (Å²) in [5.41, 5.74) is 4.98. The van der Waals surface area contributed by atoms with Crippen molar-refractivity contribution < 1.29 is 22.3 Å². The molecule has 0 aromatic carbocycles. The molecule has 1 rings (SSSR count). The zero-order valence-electron chi connectivity index (χ0n) is 7.11. The SMILES string of the molecule is NCc1c(Br)ncc(F)c1OC(F)(F)F. The molecule has 0 atom stereocenters. The Bertz CT molecular complexity index is 369. The Labute approximate surface area is 90.4 Å². The zero-order valence-corrected chi connectivity index (χ0v) is 8.69. The first-order valence-corrected chi connectivity index (χ1v) is 4.43. The van der Waals surface area contributed by atoms with Gasteiger partial charge in [0.25, 0.3) is 0 Å². The first-order valence-electron chi connectivity index (χ1n) is 3.64. The molecule has 3 nitrogen and oxygen atoms in total. The molecule has 1 aromatic rings. The fourth-order valence-corrected chi connectivity index (χ4v) is 1.34. The highest BCUT2D eigenvalue weighted by atomic mass is 79.9. The van der Waals surface area contributed by atoms with Crippen molar-refractivity contribution in [2.24, 2.45) is 5.73 Å². The van der Waals surface area contributed by atoms with Gasteiger partial charge in [-0.2, -0.15) is 0 Å². The minimum atomic E-state index is -4.97. The molecule has 0 unspecified atom stereocenters. The van der Waals surface area contributed by atoms with Gasteiger partial charge in [-0.15, -0.1) is 13.2 Å². The highest BCUT2D eigenvalue weighted by Crippen LogP contribution is 2.32. The predicted molar refractivity (Wildman–Crippen MR) is 46.5 cm³/mol. The van der Waals surface area contributed by atoms with Crippen molar-refractivity contribution in [1.82, 2.24) is 4.98 Å². The summed E-state index contributed by atoms with van der Waals surface area (Å²) in [5, 5.41) is 0. The average molecular weight is 289 g/mol. The van der Waals surface area contributed by atoms with E-state index < -0.39 is 17.9 Å². The lowest BCUT2D eigenvalue weighted by Crippen LogP contribution is -2.20. The monoisotopic (exact) mass is 288 g/mol. The number of aromatic nitrogens is 1. The molecule has 0 aliphatic heterocycles. The number of pyridine rings is 1. The average Bonchev–Trinajstić information content (AvgIpc) is 2.10. The Morgan fingerprint density at radius 1 is 1.47 bits per heavy atom. The van der Waals surface area contributed by atoms with Crippen LogP contribution in [0.15, 0.2) is 10.8 Å². The Kier molecular flexibility index (Phi) is 3.50. The van der Waals surface area contributed by atoms with Crippen molar-refractivity contribution >= 4 is 15.9 Å². The Morgan fingerprint density at radius 3 is 2.53 bits per heavy atom. The molecular weight excluding hydrogens is 284 g/mol. The van der Waals surface area contributed by atoms with Gasteiger partial charge >= 0.3 is 6.36 Å². The fourth-order valence-electron chi connectivity index (χ4n) is 0.891. The van der Waals surface area contributed by atoms with Gasteiger partial charge in [-0.3, -0.25) is 0 Å². The second-order valence-corrected chi connectivity index (χ2v) is 3.21. The van der Waals surface area contributed by atoms with Crippen LogP contribution in [0.5, 0.6) is 5.75 Å². The smallest absolute Gasteiger partial charge is 0.402 e. The quantitative estimate of drug-likeness (QED) is 0.671. The maximum Gasteiger partial charge on any atom is 0.573 e. The first kappa shape index (κ1) is 12.2. The van der Waals surface area contributed by atoms with Crippen molar-refractivity contribution in [2.45, 2.75) is 12.9 Å². The van der Waals surface area contributed by atoms with Gasteiger partial charge in [-0.1, -0.05) is 0 Å². The van der Waals surface area contributed by atoms with E-state index in [1.54, 1.807) is 0 Å². The molecule has 15 heavy (non-hydrogen) atoms. The molecule has 0 fully saturated rings. The van der Waals surface area contributed by atoms with E-state index in [4.69, 9.17) is 5.73 Å². The van der Waals surface area contributed by atoms with Gasteiger partial charge in [-0.25, -0.2) is 9.37 Å². The highest BCUT2D eigenvalue weighted by molar-refractivity contribution is 9.10. The van der Waals surface area contributed by atoms with Crippen molar-refractivity contribution in [3.8, 4) is 5.75 Å². The maximum absolute atomic E-state index is 13.0. The Balaban J connectivity index is 3.20. The van der Waals surface area contributed by atoms with E-state index in [0.29, 0.717) is 6.20 Å². The van der Waals surface area contributed by atoms with Crippen molar-refractivity contribution in [2.75, 3.05) is 0 Å². The molecule has 84 valence electrons. The van der Waals surface area contributed by atoms with Crippen LogP contribution in [0.4, 0.5) is 17.6 Å². The number of ether oxygens (including phenoxy) is 1. The first-order chi connectivity index (χ1) is 6.85. The number of nitrogens with zero attached hydrogens (tertiary/aromatic N) is 1. The molecule has 0 saturated heterocycles. The minimum absolute atomic E-state index is 0.0191. The number of hydrogen-bond donors (Lipinski definition) is 1. The van der Waals surface area contributed by atoms with Crippen LogP contribution < -0.4 is 10.5 Å². The summed E-state index contributed by atoms with van der Waals surface area (Å²) in [6, 6.07) is 0. The van der Waals surface area contributed by atoms with Crippen molar-refractivity contribution in [1.29, 1.82) is 0 Å². The van der Waals surface area contributed by atoms with Crippen LogP contribution in [0.25, 0.3) is 0 Å². The molecule has 0 amide bonds. The summed E-state index contributed by atoms with van der Waals surface area (Å²) in [4.78, 5) is 3.45. The van der Waals surface area contributed by atoms with Gasteiger partial charge in [0.15, 0.2) is 11.6 Å². The number of rotatable bonds is 2. The lowest BCUT2D eigenvalue weighted by molar-refractivity contribution is -0.275. The van der Waals surface area contributed by atoms with Crippen LogP contribution in [-0.4, -0.2) is 11.3 Å². The Morgan fingerprint density at radius 2 is 2.07 bits per heavy atom. The maximum atomic E-state index is 13.0. The summed E-state index contributed by atoms with van der Waals surface area (Å²) in [6.45, 7) is -0.323. The normalized spacial score (nSPS) is 11.6. The third-order valence-electron chi connectivity index (χ3n) is 1.45. The second kappa shape index (κ2) is 4.31. The zero-order chi connectivity index (χ0) is 11.6. The van der Waals surface area contributed by atoms with E-state index in [-0.39, 0.29) is 16.7 Å². The van der Waals surface area contributed by atoms with Gasteiger partial charge in [0.1, 0.15) is 4.60 Å². The standard InChI is InChI=1S/C7H5BrF4N2O/c8-6-3(1-13)5(4(9)2-14-6)15-7(10,11)12/h2H,1,13H2. The minimum Gasteiger partial charge on any atom is -0.402 e. The van der Waals surface area contributed by atoms with Crippen LogP contribution in [0.2, 0.25) is 0 Å². The van der Waals surface area contributed by atoms with Gasteiger partial charge in [-0.05, 0) is 15.9 Å². The van der Waals surface area contributed by atoms with E-state index in [0.717, 1.165) is 0 Å². The summed E-state index contributed by atoms with van der Waals surface area (Å²) in [5.74, 6) is -2.16.